The number of amides is 1. The van der Waals surface area contributed by atoms with Gasteiger partial charge in [0.2, 0.25) is 0 Å². The van der Waals surface area contributed by atoms with Crippen molar-refractivity contribution >= 4 is 29.2 Å². The number of aryl methyl sites for hydroxylation is 1. The van der Waals surface area contributed by atoms with Gasteiger partial charge in [0.1, 0.15) is 12.4 Å². The first-order chi connectivity index (χ1) is 14.4. The number of anilines is 2. The lowest BCUT2D eigenvalue weighted by Gasteiger charge is -2.31. The Morgan fingerprint density at radius 2 is 1.73 bits per heavy atom. The minimum Gasteiger partial charge on any atom is -0.466 e. The Bertz CT molecular complexity index is 1010. The summed E-state index contributed by atoms with van der Waals surface area (Å²) in [5, 5.41) is 2.84. The van der Waals surface area contributed by atoms with Crippen LogP contribution in [0.2, 0.25) is 0 Å². The van der Waals surface area contributed by atoms with Crippen LogP contribution in [0.5, 0.6) is 0 Å². The summed E-state index contributed by atoms with van der Waals surface area (Å²) in [6.45, 7) is 1.86. The molecule has 0 fully saturated rings. The van der Waals surface area contributed by atoms with Gasteiger partial charge in [0.15, 0.2) is 0 Å². The highest BCUT2D eigenvalue weighted by Gasteiger charge is 2.32. The minimum absolute atomic E-state index is 0.00782. The standard InChI is InChI=1S/C22H22N2O6/c1-14-6-4-8-16(10-14)23-20(25)15-7-5-9-17(11-15)24-13-30-12-18(21(26)28-2)19(24)22(27)29-3/h4-11H,12-13H2,1-3H3,(H,23,25). The van der Waals surface area contributed by atoms with Crippen LogP contribution >= 0.6 is 0 Å². The molecular weight excluding hydrogens is 388 g/mol. The van der Waals surface area contributed by atoms with Crippen molar-refractivity contribution in [1.82, 2.24) is 0 Å². The van der Waals surface area contributed by atoms with Gasteiger partial charge in [-0.25, -0.2) is 9.59 Å². The van der Waals surface area contributed by atoms with Crippen LogP contribution in [0.15, 0.2) is 59.8 Å². The number of carbonyl (C=O) groups is 3. The van der Waals surface area contributed by atoms with Crippen LogP contribution in [-0.4, -0.2) is 45.4 Å². The molecule has 8 heteroatoms. The predicted octanol–water partition coefficient (Wildman–Crippen LogP) is 2.64. The molecule has 0 saturated carbocycles. The number of nitrogens with zero attached hydrogens (tertiary/aromatic N) is 1. The molecule has 0 atom stereocenters. The van der Waals surface area contributed by atoms with E-state index in [1.165, 1.54) is 19.1 Å². The van der Waals surface area contributed by atoms with E-state index in [2.05, 4.69) is 5.32 Å². The van der Waals surface area contributed by atoms with Crippen molar-refractivity contribution in [2.75, 3.05) is 37.8 Å². The van der Waals surface area contributed by atoms with Crippen LogP contribution in [0.25, 0.3) is 0 Å². The Hall–Kier alpha value is -3.65. The van der Waals surface area contributed by atoms with Gasteiger partial charge in [-0.2, -0.15) is 0 Å². The minimum atomic E-state index is -0.701. The number of hydrogen-bond donors (Lipinski definition) is 1. The second-order valence-electron chi connectivity index (χ2n) is 6.59. The molecule has 1 heterocycles. The number of rotatable bonds is 5. The quantitative estimate of drug-likeness (QED) is 0.758. The van der Waals surface area contributed by atoms with Crippen LogP contribution in [0.4, 0.5) is 11.4 Å². The van der Waals surface area contributed by atoms with Gasteiger partial charge in [0.25, 0.3) is 5.91 Å². The molecule has 0 bridgehead atoms. The SMILES string of the molecule is COC(=O)C1=C(C(=O)OC)N(c2cccc(C(=O)Nc3cccc(C)c3)c2)COC1. The molecule has 0 aliphatic carbocycles. The molecular formula is C22H22N2O6. The molecule has 3 rings (SSSR count). The maximum absolute atomic E-state index is 12.7. The third-order valence-corrected chi connectivity index (χ3v) is 4.53. The number of esters is 2. The lowest BCUT2D eigenvalue weighted by atomic mass is 10.1. The zero-order chi connectivity index (χ0) is 21.7. The first-order valence-corrected chi connectivity index (χ1v) is 9.17. The van der Waals surface area contributed by atoms with Gasteiger partial charge in [-0.15, -0.1) is 0 Å². The average Bonchev–Trinajstić information content (AvgIpc) is 2.77. The molecule has 1 aliphatic heterocycles. The Balaban J connectivity index is 1.94. The summed E-state index contributed by atoms with van der Waals surface area (Å²) in [6, 6.07) is 14.1. The van der Waals surface area contributed by atoms with Crippen LogP contribution in [0.1, 0.15) is 15.9 Å². The molecule has 30 heavy (non-hydrogen) atoms. The predicted molar refractivity (Wildman–Crippen MR) is 110 cm³/mol. The van der Waals surface area contributed by atoms with Gasteiger partial charge in [-0.05, 0) is 42.8 Å². The Labute approximate surface area is 174 Å². The van der Waals surface area contributed by atoms with Crippen molar-refractivity contribution in [1.29, 1.82) is 0 Å². The summed E-state index contributed by atoms with van der Waals surface area (Å²) in [5.41, 5.74) is 2.64. The van der Waals surface area contributed by atoms with Crippen molar-refractivity contribution in [2.24, 2.45) is 0 Å². The van der Waals surface area contributed by atoms with Crippen LogP contribution in [0, 0.1) is 6.92 Å². The molecule has 1 aliphatic rings. The summed E-state index contributed by atoms with van der Waals surface area (Å²) in [5.74, 6) is -1.70. The second kappa shape index (κ2) is 9.23. The molecule has 1 amide bonds. The van der Waals surface area contributed by atoms with E-state index in [0.717, 1.165) is 5.56 Å². The van der Waals surface area contributed by atoms with Gasteiger partial charge >= 0.3 is 11.9 Å². The maximum atomic E-state index is 12.7. The summed E-state index contributed by atoms with van der Waals surface area (Å²) < 4.78 is 15.1. The third-order valence-electron chi connectivity index (χ3n) is 4.53. The molecule has 0 spiro atoms. The summed E-state index contributed by atoms with van der Waals surface area (Å²) in [6.07, 6.45) is 0. The van der Waals surface area contributed by atoms with E-state index >= 15 is 0 Å². The largest absolute Gasteiger partial charge is 0.466 e. The maximum Gasteiger partial charge on any atom is 0.355 e. The van der Waals surface area contributed by atoms with E-state index in [1.807, 2.05) is 25.1 Å². The molecule has 0 saturated heterocycles. The Morgan fingerprint density at radius 3 is 2.43 bits per heavy atom. The van der Waals surface area contributed by atoms with Gasteiger partial charge in [-0.3, -0.25) is 4.79 Å². The van der Waals surface area contributed by atoms with Gasteiger partial charge in [-0.1, -0.05) is 18.2 Å². The Morgan fingerprint density at radius 1 is 1.00 bits per heavy atom. The van der Waals surface area contributed by atoms with E-state index in [9.17, 15) is 14.4 Å². The first-order valence-electron chi connectivity index (χ1n) is 9.17. The summed E-state index contributed by atoms with van der Waals surface area (Å²) in [7, 11) is 2.45. The van der Waals surface area contributed by atoms with E-state index in [1.54, 1.807) is 30.3 Å². The van der Waals surface area contributed by atoms with Crippen molar-refractivity contribution in [3.63, 3.8) is 0 Å². The highest BCUT2D eigenvalue weighted by Crippen LogP contribution is 2.27. The number of hydrogen-bond acceptors (Lipinski definition) is 7. The van der Waals surface area contributed by atoms with Crippen LogP contribution in [-0.2, 0) is 23.8 Å². The number of carbonyl (C=O) groups excluding carboxylic acids is 3. The second-order valence-corrected chi connectivity index (χ2v) is 6.59. The zero-order valence-corrected chi connectivity index (χ0v) is 16.9. The number of methoxy groups -OCH3 is 2. The normalized spacial score (nSPS) is 13.6. The van der Waals surface area contributed by atoms with Gasteiger partial charge in [0, 0.05) is 16.9 Å². The molecule has 0 radical (unpaired) electrons. The monoisotopic (exact) mass is 410 g/mol. The molecule has 2 aromatic rings. The van der Waals surface area contributed by atoms with E-state index < -0.39 is 11.9 Å². The Kier molecular flexibility index (Phi) is 6.48. The van der Waals surface area contributed by atoms with E-state index in [0.29, 0.717) is 16.9 Å². The smallest absolute Gasteiger partial charge is 0.355 e. The van der Waals surface area contributed by atoms with Crippen LogP contribution in [0.3, 0.4) is 0 Å². The van der Waals surface area contributed by atoms with Gasteiger partial charge < -0.3 is 24.4 Å². The fourth-order valence-corrected chi connectivity index (χ4v) is 3.09. The third kappa shape index (κ3) is 4.49. The molecule has 1 N–H and O–H groups in total. The lowest BCUT2D eigenvalue weighted by Crippen LogP contribution is -2.38. The highest BCUT2D eigenvalue weighted by atomic mass is 16.5. The van der Waals surface area contributed by atoms with E-state index in [-0.39, 0.29) is 30.5 Å². The fraction of sp³-hybridized carbons (Fsp3) is 0.227. The van der Waals surface area contributed by atoms with Crippen molar-refractivity contribution in [3.05, 3.63) is 70.9 Å². The lowest BCUT2D eigenvalue weighted by molar-refractivity contribution is -0.140. The molecule has 8 nitrogen and oxygen atoms in total. The van der Waals surface area contributed by atoms with Crippen molar-refractivity contribution in [3.8, 4) is 0 Å². The van der Waals surface area contributed by atoms with Gasteiger partial charge in [0.05, 0.1) is 26.4 Å². The summed E-state index contributed by atoms with van der Waals surface area (Å²) >= 11 is 0. The number of benzene rings is 2. The first kappa shape index (κ1) is 21.1. The zero-order valence-electron chi connectivity index (χ0n) is 16.9. The fourth-order valence-electron chi connectivity index (χ4n) is 3.09. The molecule has 0 unspecified atom stereocenters. The number of ether oxygens (including phenoxy) is 3. The molecule has 156 valence electrons. The van der Waals surface area contributed by atoms with Crippen molar-refractivity contribution < 1.29 is 28.6 Å². The topological polar surface area (TPSA) is 94.2 Å². The number of nitrogens with one attached hydrogen (secondary N) is 1. The van der Waals surface area contributed by atoms with E-state index in [4.69, 9.17) is 14.2 Å². The average molecular weight is 410 g/mol. The summed E-state index contributed by atoms with van der Waals surface area (Å²) in [4.78, 5) is 38.7. The molecule has 0 aromatic heterocycles. The van der Waals surface area contributed by atoms with Crippen LogP contribution < -0.4 is 10.2 Å². The van der Waals surface area contributed by atoms with Crippen molar-refractivity contribution in [2.45, 2.75) is 6.92 Å². The highest BCUT2D eigenvalue weighted by molar-refractivity contribution is 6.06. The molecule has 2 aromatic carbocycles.